The van der Waals surface area contributed by atoms with E-state index in [2.05, 4.69) is 0 Å². The van der Waals surface area contributed by atoms with Crippen LogP contribution in [0.2, 0.25) is 0 Å². The Hall–Kier alpha value is -0.410. The van der Waals surface area contributed by atoms with Crippen molar-refractivity contribution in [3.8, 4) is 0 Å². The lowest BCUT2D eigenvalue weighted by Crippen LogP contribution is -2.43. The van der Waals surface area contributed by atoms with Gasteiger partial charge in [0.2, 0.25) is 0 Å². The van der Waals surface area contributed by atoms with E-state index >= 15 is 0 Å². The molecule has 1 rings (SSSR count). The molecule has 0 aromatic rings. The Labute approximate surface area is 67.0 Å². The molecule has 0 aromatic heterocycles. The zero-order valence-electron chi connectivity index (χ0n) is 7.08. The van der Waals surface area contributed by atoms with E-state index in [1.165, 1.54) is 0 Å². The average Bonchev–Trinajstić information content (AvgIpc) is 1.94. The van der Waals surface area contributed by atoms with Gasteiger partial charge in [-0.05, 0) is 20.5 Å². The molecule has 1 aliphatic rings. The predicted octanol–water partition coefficient (Wildman–Crippen LogP) is 0.0305. The molecule has 3 heteroatoms. The van der Waals surface area contributed by atoms with Crippen LogP contribution in [0, 0.1) is 0 Å². The average molecular weight is 157 g/mol. The minimum absolute atomic E-state index is 0.0382. The first kappa shape index (κ1) is 8.68. The molecule has 0 spiro atoms. The zero-order valence-corrected chi connectivity index (χ0v) is 7.08. The Morgan fingerprint density at radius 2 is 2.18 bits per heavy atom. The predicted molar refractivity (Wildman–Crippen MR) is 42.3 cm³/mol. The number of rotatable bonds is 1. The molecule has 64 valence electrons. The molecule has 2 unspecified atom stereocenters. The maximum Gasteiger partial charge on any atom is 0.134 e. The molecule has 0 saturated heterocycles. The first-order chi connectivity index (χ1) is 5.11. The fourth-order valence-corrected chi connectivity index (χ4v) is 1.50. The van der Waals surface area contributed by atoms with E-state index in [-0.39, 0.29) is 17.9 Å². The van der Waals surface area contributed by atoms with Crippen molar-refractivity contribution in [1.29, 1.82) is 0 Å². The topological polar surface area (TPSA) is 40.5 Å². The standard InChI is InChI=1S/C8H15NO2/c1-9(2)7-5-6(10)3-4-8(7)11/h7-8,11H,3-5H2,1-2H3. The first-order valence-electron chi connectivity index (χ1n) is 3.97. The summed E-state index contributed by atoms with van der Waals surface area (Å²) >= 11 is 0. The van der Waals surface area contributed by atoms with Crippen LogP contribution in [-0.2, 0) is 4.79 Å². The van der Waals surface area contributed by atoms with Gasteiger partial charge in [0.15, 0.2) is 0 Å². The minimum atomic E-state index is -0.317. The Bertz CT molecular complexity index is 156. The first-order valence-corrected chi connectivity index (χ1v) is 3.97. The van der Waals surface area contributed by atoms with Crippen LogP contribution in [0.5, 0.6) is 0 Å². The molecule has 0 aromatic carbocycles. The van der Waals surface area contributed by atoms with E-state index < -0.39 is 0 Å². The molecule has 0 bridgehead atoms. The van der Waals surface area contributed by atoms with Gasteiger partial charge < -0.3 is 10.0 Å². The summed E-state index contributed by atoms with van der Waals surface area (Å²) < 4.78 is 0. The van der Waals surface area contributed by atoms with Crippen LogP contribution in [0.1, 0.15) is 19.3 Å². The highest BCUT2D eigenvalue weighted by Crippen LogP contribution is 2.18. The van der Waals surface area contributed by atoms with E-state index in [1.807, 2.05) is 19.0 Å². The summed E-state index contributed by atoms with van der Waals surface area (Å²) in [6, 6.07) is 0.0382. The SMILES string of the molecule is CN(C)C1CC(=O)CCC1O. The Morgan fingerprint density at radius 1 is 1.55 bits per heavy atom. The Balaban J connectivity index is 2.54. The van der Waals surface area contributed by atoms with Gasteiger partial charge in [0, 0.05) is 18.9 Å². The van der Waals surface area contributed by atoms with Crippen molar-refractivity contribution in [1.82, 2.24) is 4.90 Å². The summed E-state index contributed by atoms with van der Waals surface area (Å²) in [6.45, 7) is 0. The summed E-state index contributed by atoms with van der Waals surface area (Å²) in [5.74, 6) is 0.272. The number of carbonyl (C=O) groups is 1. The van der Waals surface area contributed by atoms with Crippen molar-refractivity contribution in [2.45, 2.75) is 31.4 Å². The number of aliphatic hydroxyl groups is 1. The smallest absolute Gasteiger partial charge is 0.134 e. The van der Waals surface area contributed by atoms with Crippen LogP contribution in [0.4, 0.5) is 0 Å². The summed E-state index contributed by atoms with van der Waals surface area (Å²) in [5.41, 5.74) is 0. The number of nitrogens with zero attached hydrogens (tertiary/aromatic N) is 1. The quantitative estimate of drug-likeness (QED) is 0.584. The van der Waals surface area contributed by atoms with Gasteiger partial charge in [-0.2, -0.15) is 0 Å². The van der Waals surface area contributed by atoms with Gasteiger partial charge in [-0.25, -0.2) is 0 Å². The van der Waals surface area contributed by atoms with Crippen LogP contribution in [0.3, 0.4) is 0 Å². The van der Waals surface area contributed by atoms with Crippen LogP contribution in [-0.4, -0.2) is 42.0 Å². The third kappa shape index (κ3) is 2.01. The van der Waals surface area contributed by atoms with Crippen LogP contribution >= 0.6 is 0 Å². The fraction of sp³-hybridized carbons (Fsp3) is 0.875. The third-order valence-electron chi connectivity index (χ3n) is 2.26. The highest BCUT2D eigenvalue weighted by atomic mass is 16.3. The van der Waals surface area contributed by atoms with E-state index in [0.29, 0.717) is 19.3 Å². The molecule has 11 heavy (non-hydrogen) atoms. The van der Waals surface area contributed by atoms with Gasteiger partial charge in [-0.3, -0.25) is 4.79 Å². The van der Waals surface area contributed by atoms with E-state index in [9.17, 15) is 9.90 Å². The molecule has 0 radical (unpaired) electrons. The maximum absolute atomic E-state index is 11.0. The second kappa shape index (κ2) is 3.32. The van der Waals surface area contributed by atoms with E-state index in [1.54, 1.807) is 0 Å². The molecule has 2 atom stereocenters. The molecule has 0 heterocycles. The lowest BCUT2D eigenvalue weighted by Gasteiger charge is -2.31. The van der Waals surface area contributed by atoms with Gasteiger partial charge in [0.05, 0.1) is 6.10 Å². The van der Waals surface area contributed by atoms with Crippen molar-refractivity contribution < 1.29 is 9.90 Å². The van der Waals surface area contributed by atoms with Crippen LogP contribution in [0.25, 0.3) is 0 Å². The molecule has 1 saturated carbocycles. The Morgan fingerprint density at radius 3 is 2.64 bits per heavy atom. The van der Waals surface area contributed by atoms with E-state index in [4.69, 9.17) is 0 Å². The van der Waals surface area contributed by atoms with Gasteiger partial charge in [0.25, 0.3) is 0 Å². The molecule has 0 amide bonds. The van der Waals surface area contributed by atoms with Gasteiger partial charge in [-0.1, -0.05) is 0 Å². The van der Waals surface area contributed by atoms with Crippen molar-refractivity contribution in [3.63, 3.8) is 0 Å². The summed E-state index contributed by atoms with van der Waals surface area (Å²) in [4.78, 5) is 12.9. The highest BCUT2D eigenvalue weighted by Gasteiger charge is 2.28. The molecular weight excluding hydrogens is 142 g/mol. The summed E-state index contributed by atoms with van der Waals surface area (Å²) in [6.07, 6.45) is 1.36. The number of hydrogen-bond acceptors (Lipinski definition) is 3. The molecule has 1 aliphatic carbocycles. The van der Waals surface area contributed by atoms with Crippen molar-refractivity contribution >= 4 is 5.78 Å². The van der Waals surface area contributed by atoms with Gasteiger partial charge >= 0.3 is 0 Å². The van der Waals surface area contributed by atoms with Crippen molar-refractivity contribution in [3.05, 3.63) is 0 Å². The molecule has 1 fully saturated rings. The molecule has 0 aliphatic heterocycles. The van der Waals surface area contributed by atoms with Crippen molar-refractivity contribution in [2.75, 3.05) is 14.1 Å². The van der Waals surface area contributed by atoms with Gasteiger partial charge in [0.1, 0.15) is 5.78 Å². The second-order valence-electron chi connectivity index (χ2n) is 3.38. The summed E-state index contributed by atoms with van der Waals surface area (Å²) in [5, 5.41) is 9.46. The summed E-state index contributed by atoms with van der Waals surface area (Å²) in [7, 11) is 3.79. The Kier molecular flexibility index (Phi) is 2.62. The lowest BCUT2D eigenvalue weighted by atomic mass is 9.91. The van der Waals surface area contributed by atoms with Gasteiger partial charge in [-0.15, -0.1) is 0 Å². The second-order valence-corrected chi connectivity index (χ2v) is 3.38. The van der Waals surface area contributed by atoms with Crippen molar-refractivity contribution in [2.24, 2.45) is 0 Å². The molecule has 1 N–H and O–H groups in total. The maximum atomic E-state index is 11.0. The fourth-order valence-electron chi connectivity index (χ4n) is 1.50. The number of ketones is 1. The number of Topliss-reactive ketones (excluding diaryl/α,β-unsaturated/α-hetero) is 1. The normalized spacial score (nSPS) is 32.9. The van der Waals surface area contributed by atoms with Crippen LogP contribution < -0.4 is 0 Å². The number of hydrogen-bond donors (Lipinski definition) is 1. The van der Waals surface area contributed by atoms with Crippen LogP contribution in [0.15, 0.2) is 0 Å². The molecular formula is C8H15NO2. The largest absolute Gasteiger partial charge is 0.391 e. The monoisotopic (exact) mass is 157 g/mol. The minimum Gasteiger partial charge on any atom is -0.391 e. The lowest BCUT2D eigenvalue weighted by molar-refractivity contribution is -0.124. The molecule has 3 nitrogen and oxygen atoms in total. The number of likely N-dealkylation sites (N-methyl/N-ethyl adjacent to an activating group) is 1. The number of aliphatic hydroxyl groups excluding tert-OH is 1. The zero-order chi connectivity index (χ0) is 8.43. The highest BCUT2D eigenvalue weighted by molar-refractivity contribution is 5.80. The van der Waals surface area contributed by atoms with E-state index in [0.717, 1.165) is 0 Å². The number of carbonyl (C=O) groups excluding carboxylic acids is 1. The third-order valence-corrected chi connectivity index (χ3v) is 2.26.